The van der Waals surface area contributed by atoms with Crippen LogP contribution in [0.3, 0.4) is 0 Å². The number of hydrogen-bond donors (Lipinski definition) is 4. The van der Waals surface area contributed by atoms with Gasteiger partial charge < -0.3 is 22.1 Å². The molecule has 2 aromatic heterocycles. The van der Waals surface area contributed by atoms with Crippen molar-refractivity contribution in [3.63, 3.8) is 0 Å². The number of carbonyl (C=O) groups excluding carboxylic acids is 1. The van der Waals surface area contributed by atoms with E-state index >= 15 is 0 Å². The van der Waals surface area contributed by atoms with Crippen LogP contribution in [0.2, 0.25) is 0 Å². The van der Waals surface area contributed by atoms with Crippen molar-refractivity contribution < 1.29 is 4.79 Å². The maximum atomic E-state index is 11.8. The third kappa shape index (κ3) is 4.84. The molecule has 1 aliphatic carbocycles. The Balaban J connectivity index is 0.00000256. The predicted molar refractivity (Wildman–Crippen MR) is 116 cm³/mol. The van der Waals surface area contributed by atoms with Gasteiger partial charge in [-0.1, -0.05) is 12.8 Å². The Hall–Kier alpha value is -3.24. The molecule has 11 heteroatoms. The molecule has 0 aliphatic heterocycles. The molecule has 0 saturated heterocycles. The van der Waals surface area contributed by atoms with E-state index in [-0.39, 0.29) is 30.1 Å². The fraction of sp³-hybridized carbons (Fsp3) is 0.316. The van der Waals surface area contributed by atoms with Crippen molar-refractivity contribution >= 4 is 35.8 Å². The topological polar surface area (TPSA) is 150 Å². The number of hydrogen-bond acceptors (Lipinski definition) is 8. The molecule has 1 aromatic carbocycles. The van der Waals surface area contributed by atoms with Crippen LogP contribution in [0.5, 0.6) is 0 Å². The molecule has 1 amide bonds. The quantitative estimate of drug-likeness (QED) is 0.464. The van der Waals surface area contributed by atoms with Gasteiger partial charge in [0.05, 0.1) is 18.1 Å². The van der Waals surface area contributed by atoms with E-state index in [2.05, 4.69) is 30.8 Å². The van der Waals surface area contributed by atoms with Crippen molar-refractivity contribution in [3.8, 4) is 5.69 Å². The lowest BCUT2D eigenvalue weighted by molar-refractivity contribution is 0.100. The van der Waals surface area contributed by atoms with Gasteiger partial charge in [-0.2, -0.15) is 20.0 Å². The molecule has 2 unspecified atom stereocenters. The zero-order chi connectivity index (χ0) is 20.2. The number of anilines is 3. The highest BCUT2D eigenvalue weighted by molar-refractivity contribution is 5.98. The summed E-state index contributed by atoms with van der Waals surface area (Å²) in [6, 6.07) is 7.56. The van der Waals surface area contributed by atoms with E-state index in [9.17, 15) is 4.79 Å². The molecule has 1 fully saturated rings. The molecule has 10 nitrogen and oxygen atoms in total. The second kappa shape index (κ2) is 9.51. The van der Waals surface area contributed by atoms with Gasteiger partial charge in [-0.25, -0.2) is 4.98 Å². The van der Waals surface area contributed by atoms with Crippen LogP contribution in [0.15, 0.2) is 42.9 Å². The Morgan fingerprint density at radius 1 is 1.10 bits per heavy atom. The first-order valence-corrected chi connectivity index (χ1v) is 9.53. The van der Waals surface area contributed by atoms with Crippen LogP contribution in [0, 0.1) is 0 Å². The molecule has 30 heavy (non-hydrogen) atoms. The maximum absolute atomic E-state index is 11.8. The Bertz CT molecular complexity index is 978. The van der Waals surface area contributed by atoms with Crippen molar-refractivity contribution in [1.29, 1.82) is 0 Å². The average Bonchev–Trinajstić information content (AvgIpc) is 3.25. The third-order valence-electron chi connectivity index (χ3n) is 4.97. The van der Waals surface area contributed by atoms with Crippen LogP contribution in [0.1, 0.15) is 36.0 Å². The van der Waals surface area contributed by atoms with Gasteiger partial charge in [0, 0.05) is 24.0 Å². The van der Waals surface area contributed by atoms with Crippen molar-refractivity contribution in [2.75, 3.05) is 10.6 Å². The standard InChI is InChI=1S/C19H23N9O.ClH/c20-15-3-1-2-4-16(15)26-19-22-11-14(17(21)29)18(27-19)25-12-5-7-13(8-6-12)28-23-9-10-24-28;/h5-11,15-16H,1-4,20H2,(H2,21,29)(H2,22,25,26,27);1H. The average molecular weight is 430 g/mol. The van der Waals surface area contributed by atoms with E-state index in [0.29, 0.717) is 11.8 Å². The Morgan fingerprint density at radius 2 is 1.80 bits per heavy atom. The van der Waals surface area contributed by atoms with Gasteiger partial charge in [-0.05, 0) is 37.1 Å². The number of benzene rings is 1. The minimum atomic E-state index is -0.606. The van der Waals surface area contributed by atoms with Crippen LogP contribution in [0.4, 0.5) is 17.5 Å². The second-order valence-corrected chi connectivity index (χ2v) is 7.01. The number of nitrogens with zero attached hydrogens (tertiary/aromatic N) is 5. The number of rotatable bonds is 6. The highest BCUT2D eigenvalue weighted by Crippen LogP contribution is 2.23. The van der Waals surface area contributed by atoms with E-state index in [1.807, 2.05) is 24.3 Å². The SMILES string of the molecule is Cl.NC(=O)c1cnc(NC2CCCCC2N)nc1Nc1ccc(-n2nccn2)cc1. The summed E-state index contributed by atoms with van der Waals surface area (Å²) in [5.74, 6) is 0.146. The molecule has 0 spiro atoms. The van der Waals surface area contributed by atoms with Crippen LogP contribution in [0.25, 0.3) is 5.69 Å². The fourth-order valence-corrected chi connectivity index (χ4v) is 3.40. The number of amides is 1. The summed E-state index contributed by atoms with van der Waals surface area (Å²) in [7, 11) is 0. The maximum Gasteiger partial charge on any atom is 0.254 e. The number of primary amides is 1. The molecular formula is C19H24ClN9O. The lowest BCUT2D eigenvalue weighted by Crippen LogP contribution is -2.43. The van der Waals surface area contributed by atoms with Crippen LogP contribution in [-0.4, -0.2) is 43.0 Å². The lowest BCUT2D eigenvalue weighted by Gasteiger charge is -2.29. The van der Waals surface area contributed by atoms with Gasteiger partial charge in [0.2, 0.25) is 5.95 Å². The summed E-state index contributed by atoms with van der Waals surface area (Å²) < 4.78 is 0. The minimum Gasteiger partial charge on any atom is -0.365 e. The summed E-state index contributed by atoms with van der Waals surface area (Å²) in [5.41, 5.74) is 13.5. The summed E-state index contributed by atoms with van der Waals surface area (Å²) in [6.07, 6.45) is 8.84. The van der Waals surface area contributed by atoms with Crippen molar-refractivity contribution in [2.24, 2.45) is 11.5 Å². The molecule has 3 aromatic rings. The Kier molecular flexibility index (Phi) is 6.80. The molecule has 158 valence electrons. The van der Waals surface area contributed by atoms with E-state index in [0.717, 1.165) is 37.1 Å². The van der Waals surface area contributed by atoms with E-state index < -0.39 is 5.91 Å². The minimum absolute atomic E-state index is 0. The summed E-state index contributed by atoms with van der Waals surface area (Å²) >= 11 is 0. The molecule has 4 rings (SSSR count). The normalized spacial score (nSPS) is 18.3. The second-order valence-electron chi connectivity index (χ2n) is 7.01. The monoisotopic (exact) mass is 429 g/mol. The zero-order valence-electron chi connectivity index (χ0n) is 16.2. The largest absolute Gasteiger partial charge is 0.365 e. The first-order chi connectivity index (χ1) is 14.1. The van der Waals surface area contributed by atoms with E-state index in [1.165, 1.54) is 11.0 Å². The number of nitrogens with one attached hydrogen (secondary N) is 2. The smallest absolute Gasteiger partial charge is 0.254 e. The number of carbonyl (C=O) groups is 1. The molecule has 1 saturated carbocycles. The van der Waals surface area contributed by atoms with Crippen LogP contribution in [-0.2, 0) is 0 Å². The number of nitrogens with two attached hydrogens (primary N) is 2. The molecule has 6 N–H and O–H groups in total. The Labute approximate surface area is 179 Å². The summed E-state index contributed by atoms with van der Waals surface area (Å²) in [4.78, 5) is 22.0. The van der Waals surface area contributed by atoms with Gasteiger partial charge in [-0.3, -0.25) is 4.79 Å². The van der Waals surface area contributed by atoms with E-state index in [1.54, 1.807) is 12.4 Å². The molecule has 0 bridgehead atoms. The van der Waals surface area contributed by atoms with E-state index in [4.69, 9.17) is 11.5 Å². The third-order valence-corrected chi connectivity index (χ3v) is 4.97. The Morgan fingerprint density at radius 3 is 2.47 bits per heavy atom. The van der Waals surface area contributed by atoms with Gasteiger partial charge in [0.25, 0.3) is 5.91 Å². The summed E-state index contributed by atoms with van der Waals surface area (Å²) in [6.45, 7) is 0. The van der Waals surface area contributed by atoms with Gasteiger partial charge in [0.15, 0.2) is 0 Å². The van der Waals surface area contributed by atoms with Crippen molar-refractivity contribution in [3.05, 3.63) is 48.4 Å². The number of aromatic nitrogens is 5. The van der Waals surface area contributed by atoms with Gasteiger partial charge in [0.1, 0.15) is 11.4 Å². The first-order valence-electron chi connectivity index (χ1n) is 9.53. The predicted octanol–water partition coefficient (Wildman–Crippen LogP) is 2.00. The molecule has 0 radical (unpaired) electrons. The van der Waals surface area contributed by atoms with Gasteiger partial charge in [-0.15, -0.1) is 12.4 Å². The molecule has 2 atom stereocenters. The molecular weight excluding hydrogens is 406 g/mol. The molecule has 2 heterocycles. The van der Waals surface area contributed by atoms with Crippen LogP contribution < -0.4 is 22.1 Å². The fourth-order valence-electron chi connectivity index (χ4n) is 3.40. The molecule has 1 aliphatic rings. The first kappa shape index (κ1) is 21.5. The summed E-state index contributed by atoms with van der Waals surface area (Å²) in [5, 5.41) is 14.6. The number of halogens is 1. The van der Waals surface area contributed by atoms with Gasteiger partial charge >= 0.3 is 0 Å². The van der Waals surface area contributed by atoms with Crippen molar-refractivity contribution in [1.82, 2.24) is 25.0 Å². The van der Waals surface area contributed by atoms with Crippen LogP contribution >= 0.6 is 12.4 Å². The highest BCUT2D eigenvalue weighted by Gasteiger charge is 2.23. The zero-order valence-corrected chi connectivity index (χ0v) is 17.0. The lowest BCUT2D eigenvalue weighted by atomic mass is 9.91. The van der Waals surface area contributed by atoms with Crippen molar-refractivity contribution in [2.45, 2.75) is 37.8 Å². The highest BCUT2D eigenvalue weighted by atomic mass is 35.5.